The fraction of sp³-hybridized carbons (Fsp3) is 0.423. The topological polar surface area (TPSA) is 54.6 Å². The summed E-state index contributed by atoms with van der Waals surface area (Å²) in [4.78, 5) is 18.5. The number of likely N-dealkylation sites (tertiary alicyclic amines) is 1. The van der Waals surface area contributed by atoms with Gasteiger partial charge in [-0.25, -0.2) is 8.78 Å². The number of aryl methyl sites for hydroxylation is 1. The van der Waals surface area contributed by atoms with Crippen molar-refractivity contribution in [1.82, 2.24) is 9.88 Å². The van der Waals surface area contributed by atoms with E-state index in [4.69, 9.17) is 9.47 Å². The molecule has 0 bridgehead atoms. The number of aromatic amines is 1. The molecule has 33 heavy (non-hydrogen) atoms. The van der Waals surface area contributed by atoms with Gasteiger partial charge in [0.1, 0.15) is 11.6 Å². The molecular formula is C26H28F2N2O3. The minimum absolute atomic E-state index is 0.0578. The van der Waals surface area contributed by atoms with Gasteiger partial charge < -0.3 is 19.4 Å². The monoisotopic (exact) mass is 454 g/mol. The van der Waals surface area contributed by atoms with Gasteiger partial charge in [0.05, 0.1) is 13.2 Å². The number of aromatic nitrogens is 1. The Hall–Kier alpha value is -2.77. The smallest absolute Gasteiger partial charge is 0.223 e. The van der Waals surface area contributed by atoms with Crippen molar-refractivity contribution in [3.8, 4) is 0 Å². The molecule has 2 aromatic carbocycles. The van der Waals surface area contributed by atoms with Gasteiger partial charge in [0, 0.05) is 61.4 Å². The lowest BCUT2D eigenvalue weighted by molar-refractivity contribution is -0.187. The first-order valence-corrected chi connectivity index (χ1v) is 11.6. The molecule has 1 aromatic heterocycles. The molecule has 0 radical (unpaired) electrons. The number of nitrogens with zero attached hydrogens (tertiary/aromatic N) is 1. The molecule has 2 aliphatic rings. The lowest BCUT2D eigenvalue weighted by Crippen LogP contribution is -2.47. The van der Waals surface area contributed by atoms with E-state index in [9.17, 15) is 13.6 Å². The molecule has 1 unspecified atom stereocenters. The standard InChI is InChI=1S/C26H28F2N2O3/c1-2-17-4-3-5-20-22(16-29-25(17)20)21(19-7-6-18(27)14-23(19)28)15-24(31)30-10-8-26(9-11-30)32-12-13-33-26/h3-7,14,16,21,29H,2,8-13,15H2,1H3. The second-order valence-electron chi connectivity index (χ2n) is 8.85. The molecule has 1 spiro atoms. The second kappa shape index (κ2) is 8.88. The fourth-order valence-electron chi connectivity index (χ4n) is 5.18. The van der Waals surface area contributed by atoms with Crippen LogP contribution in [0.4, 0.5) is 8.78 Å². The molecule has 5 nitrogen and oxygen atoms in total. The number of benzene rings is 2. The number of rotatable bonds is 5. The molecule has 7 heteroatoms. The van der Waals surface area contributed by atoms with Crippen molar-refractivity contribution in [2.45, 2.75) is 44.3 Å². The van der Waals surface area contributed by atoms with E-state index in [1.54, 1.807) is 4.90 Å². The molecule has 1 amide bonds. The van der Waals surface area contributed by atoms with E-state index in [0.29, 0.717) is 44.7 Å². The highest BCUT2D eigenvalue weighted by molar-refractivity contribution is 5.88. The first-order valence-electron chi connectivity index (χ1n) is 11.6. The van der Waals surface area contributed by atoms with Gasteiger partial charge >= 0.3 is 0 Å². The molecule has 1 atom stereocenters. The van der Waals surface area contributed by atoms with Crippen LogP contribution in [0.2, 0.25) is 0 Å². The van der Waals surface area contributed by atoms with Crippen LogP contribution in [0.15, 0.2) is 42.6 Å². The van der Waals surface area contributed by atoms with Crippen LogP contribution in [0.1, 0.15) is 48.8 Å². The molecule has 3 aromatic rings. The molecular weight excluding hydrogens is 426 g/mol. The van der Waals surface area contributed by atoms with E-state index in [-0.39, 0.29) is 12.3 Å². The highest BCUT2D eigenvalue weighted by atomic mass is 19.1. The number of carbonyl (C=O) groups excluding carboxylic acids is 1. The third-order valence-electron chi connectivity index (χ3n) is 7.00. The van der Waals surface area contributed by atoms with Crippen LogP contribution in [0.3, 0.4) is 0 Å². The molecule has 0 saturated carbocycles. The van der Waals surface area contributed by atoms with Crippen LogP contribution < -0.4 is 0 Å². The number of amides is 1. The summed E-state index contributed by atoms with van der Waals surface area (Å²) < 4.78 is 40.1. The Kier molecular flexibility index (Phi) is 5.93. The number of para-hydroxylation sites is 1. The summed E-state index contributed by atoms with van der Waals surface area (Å²) in [6, 6.07) is 9.61. The van der Waals surface area contributed by atoms with E-state index < -0.39 is 23.3 Å². The SMILES string of the molecule is CCc1cccc2c(C(CC(=O)N3CCC4(CC3)OCCO4)c3ccc(F)cc3F)c[nH]c12. The highest BCUT2D eigenvalue weighted by Gasteiger charge is 2.41. The van der Waals surface area contributed by atoms with Gasteiger partial charge in [-0.3, -0.25) is 4.79 Å². The van der Waals surface area contributed by atoms with Crippen LogP contribution in [0.25, 0.3) is 10.9 Å². The zero-order valence-corrected chi connectivity index (χ0v) is 18.7. The molecule has 3 heterocycles. The number of piperidine rings is 1. The van der Waals surface area contributed by atoms with Gasteiger partial charge in [-0.2, -0.15) is 0 Å². The Morgan fingerprint density at radius 2 is 1.88 bits per heavy atom. The first kappa shape index (κ1) is 22.0. The van der Waals surface area contributed by atoms with Gasteiger partial charge in [0.25, 0.3) is 0 Å². The lowest BCUT2D eigenvalue weighted by Gasteiger charge is -2.38. The predicted molar refractivity (Wildman–Crippen MR) is 121 cm³/mol. The number of hydrogen-bond donors (Lipinski definition) is 1. The number of fused-ring (bicyclic) bond motifs is 1. The number of H-pyrrole nitrogens is 1. The maximum absolute atomic E-state index is 14.9. The third-order valence-corrected chi connectivity index (χ3v) is 7.00. The van der Waals surface area contributed by atoms with E-state index in [0.717, 1.165) is 34.5 Å². The minimum atomic E-state index is -0.640. The zero-order valence-electron chi connectivity index (χ0n) is 18.7. The first-order chi connectivity index (χ1) is 16.0. The zero-order chi connectivity index (χ0) is 23.0. The highest BCUT2D eigenvalue weighted by Crippen LogP contribution is 2.37. The van der Waals surface area contributed by atoms with E-state index >= 15 is 0 Å². The van der Waals surface area contributed by atoms with Crippen molar-refractivity contribution >= 4 is 16.8 Å². The largest absolute Gasteiger partial charge is 0.361 e. The van der Waals surface area contributed by atoms with Crippen molar-refractivity contribution in [2.75, 3.05) is 26.3 Å². The van der Waals surface area contributed by atoms with Gasteiger partial charge in [0.2, 0.25) is 5.91 Å². The Labute approximate surface area is 191 Å². The van der Waals surface area contributed by atoms with Crippen molar-refractivity contribution in [3.63, 3.8) is 0 Å². The normalized spacial score (nSPS) is 18.8. The number of nitrogens with one attached hydrogen (secondary N) is 1. The summed E-state index contributed by atoms with van der Waals surface area (Å²) in [5, 5.41) is 0.959. The van der Waals surface area contributed by atoms with Crippen LogP contribution in [0, 0.1) is 11.6 Å². The van der Waals surface area contributed by atoms with E-state index in [1.165, 1.54) is 12.1 Å². The van der Waals surface area contributed by atoms with E-state index in [1.807, 2.05) is 18.3 Å². The summed E-state index contributed by atoms with van der Waals surface area (Å²) in [6.45, 7) is 4.31. The summed E-state index contributed by atoms with van der Waals surface area (Å²) in [5.74, 6) is -2.43. The van der Waals surface area contributed by atoms with Crippen LogP contribution in [0.5, 0.6) is 0 Å². The van der Waals surface area contributed by atoms with Gasteiger partial charge in [0.15, 0.2) is 5.79 Å². The predicted octanol–water partition coefficient (Wildman–Crippen LogP) is 4.90. The second-order valence-corrected chi connectivity index (χ2v) is 8.85. The maximum atomic E-state index is 14.9. The van der Waals surface area contributed by atoms with Gasteiger partial charge in [-0.1, -0.05) is 31.2 Å². The molecule has 2 aliphatic heterocycles. The molecule has 0 aliphatic carbocycles. The summed E-state index contributed by atoms with van der Waals surface area (Å²) in [7, 11) is 0. The minimum Gasteiger partial charge on any atom is -0.361 e. The Bertz CT molecular complexity index is 1160. The van der Waals surface area contributed by atoms with Gasteiger partial charge in [-0.15, -0.1) is 0 Å². The number of hydrogen-bond acceptors (Lipinski definition) is 3. The summed E-state index contributed by atoms with van der Waals surface area (Å²) in [6.07, 6.45) is 4.06. The van der Waals surface area contributed by atoms with Crippen molar-refractivity contribution in [1.29, 1.82) is 0 Å². The Morgan fingerprint density at radius 1 is 1.12 bits per heavy atom. The third kappa shape index (κ3) is 4.15. The van der Waals surface area contributed by atoms with Crippen molar-refractivity contribution in [3.05, 3.63) is 70.9 Å². The fourth-order valence-corrected chi connectivity index (χ4v) is 5.18. The van der Waals surface area contributed by atoms with Crippen LogP contribution in [-0.4, -0.2) is 47.9 Å². The van der Waals surface area contributed by atoms with Crippen LogP contribution >= 0.6 is 0 Å². The maximum Gasteiger partial charge on any atom is 0.223 e. The van der Waals surface area contributed by atoms with Crippen molar-refractivity contribution in [2.24, 2.45) is 0 Å². The average Bonchev–Trinajstić information content (AvgIpc) is 3.45. The number of ether oxygens (including phenoxy) is 2. The molecule has 2 fully saturated rings. The molecule has 174 valence electrons. The number of carbonyl (C=O) groups is 1. The average molecular weight is 455 g/mol. The molecule has 2 saturated heterocycles. The Morgan fingerprint density at radius 3 is 2.58 bits per heavy atom. The summed E-state index contributed by atoms with van der Waals surface area (Å²) in [5.41, 5.74) is 3.31. The van der Waals surface area contributed by atoms with Crippen molar-refractivity contribution < 1.29 is 23.0 Å². The molecule has 1 N–H and O–H groups in total. The number of halogens is 2. The Balaban J connectivity index is 1.46. The lowest BCUT2D eigenvalue weighted by atomic mass is 9.86. The van der Waals surface area contributed by atoms with E-state index in [2.05, 4.69) is 18.0 Å². The van der Waals surface area contributed by atoms with Gasteiger partial charge in [-0.05, 0) is 29.2 Å². The summed E-state index contributed by atoms with van der Waals surface area (Å²) >= 11 is 0. The molecule has 5 rings (SSSR count). The quantitative estimate of drug-likeness (QED) is 0.597. The van der Waals surface area contributed by atoms with Crippen LogP contribution in [-0.2, 0) is 20.7 Å².